The number of rotatable bonds is 16. The maximum absolute atomic E-state index is 11.7. The van der Waals surface area contributed by atoms with Crippen LogP contribution in [0.4, 0.5) is 9.59 Å². The van der Waals surface area contributed by atoms with Gasteiger partial charge in [0, 0.05) is 25.9 Å². The molecule has 0 aliphatic carbocycles. The Morgan fingerprint density at radius 1 is 0.529 bits per heavy atom. The van der Waals surface area contributed by atoms with Crippen LogP contribution >= 0.6 is 0 Å². The fraction of sp³-hybridized carbons (Fsp3) is 0.833. The lowest BCUT2D eigenvalue weighted by Crippen LogP contribution is -2.36. The summed E-state index contributed by atoms with van der Waals surface area (Å²) in [5.41, 5.74) is -0.175. The van der Waals surface area contributed by atoms with Crippen LogP contribution in [-0.4, -0.2) is 113 Å². The molecule has 0 aromatic carbocycles. The maximum atomic E-state index is 11.7. The zero-order valence-corrected chi connectivity index (χ0v) is 33.1. The molecule has 302 valence electrons. The van der Waals surface area contributed by atoms with Crippen molar-refractivity contribution in [3.63, 3.8) is 0 Å². The molecule has 4 unspecified atom stereocenters. The number of likely N-dealkylation sites (N-methyl/N-ethyl adjacent to an activating group) is 1. The molecule has 0 aliphatic heterocycles. The van der Waals surface area contributed by atoms with Crippen LogP contribution in [0, 0.1) is 10.8 Å². The van der Waals surface area contributed by atoms with Crippen LogP contribution in [0.1, 0.15) is 116 Å². The number of nitrogens with zero attached hydrogens (tertiary/aromatic N) is 1. The summed E-state index contributed by atoms with van der Waals surface area (Å²) >= 11 is 0. The third-order valence-electron chi connectivity index (χ3n) is 5.60. The number of ether oxygens (including phenoxy) is 8. The van der Waals surface area contributed by atoms with Crippen molar-refractivity contribution in [2.75, 3.05) is 47.6 Å². The van der Waals surface area contributed by atoms with Gasteiger partial charge in [-0.1, -0.05) is 62.8 Å². The van der Waals surface area contributed by atoms with Crippen molar-refractivity contribution in [2.24, 2.45) is 10.8 Å². The highest BCUT2D eigenvalue weighted by molar-refractivity contribution is 5.71. The molecule has 0 fully saturated rings. The van der Waals surface area contributed by atoms with Crippen molar-refractivity contribution >= 4 is 36.2 Å². The van der Waals surface area contributed by atoms with Gasteiger partial charge < -0.3 is 37.9 Å². The minimum atomic E-state index is -0.779. The molecule has 0 aromatic rings. The third-order valence-corrected chi connectivity index (χ3v) is 5.60. The predicted octanol–water partition coefficient (Wildman–Crippen LogP) is 6.51. The van der Waals surface area contributed by atoms with Gasteiger partial charge in [-0.2, -0.15) is 0 Å². The summed E-state index contributed by atoms with van der Waals surface area (Å²) < 4.78 is 38.2. The molecule has 0 spiro atoms. The van der Waals surface area contributed by atoms with Gasteiger partial charge in [0.2, 0.25) is 0 Å². The highest BCUT2D eigenvalue weighted by atomic mass is 16.7. The van der Waals surface area contributed by atoms with Crippen molar-refractivity contribution in [1.29, 1.82) is 0 Å². The van der Waals surface area contributed by atoms with Gasteiger partial charge >= 0.3 is 36.2 Å². The van der Waals surface area contributed by atoms with E-state index in [4.69, 9.17) is 18.9 Å². The Kier molecular flexibility index (Phi) is 30.8. The number of hydrogen-bond donors (Lipinski definition) is 0. The number of methoxy groups -OCH3 is 2. The second-order valence-electron chi connectivity index (χ2n) is 14.1. The summed E-state index contributed by atoms with van der Waals surface area (Å²) in [5.74, 6) is -0.983. The summed E-state index contributed by atoms with van der Waals surface area (Å²) in [4.78, 5) is 68.2. The van der Waals surface area contributed by atoms with Gasteiger partial charge in [-0.3, -0.25) is 24.1 Å². The molecule has 0 heterocycles. The van der Waals surface area contributed by atoms with Crippen LogP contribution in [-0.2, 0) is 57.1 Å². The molecule has 0 aromatic heterocycles. The van der Waals surface area contributed by atoms with Gasteiger partial charge in [-0.05, 0) is 45.6 Å². The molecule has 15 nitrogen and oxygen atoms in total. The fourth-order valence-corrected chi connectivity index (χ4v) is 3.60. The van der Waals surface area contributed by atoms with Crippen LogP contribution in [0.3, 0.4) is 0 Å². The Morgan fingerprint density at radius 2 is 0.804 bits per heavy atom. The van der Waals surface area contributed by atoms with Crippen molar-refractivity contribution in [3.05, 3.63) is 0 Å². The Balaban J connectivity index is -0.000000332. The van der Waals surface area contributed by atoms with E-state index < -0.39 is 24.5 Å². The lowest BCUT2D eigenvalue weighted by atomic mass is 9.92. The largest absolute Gasteiger partial charge is 0.508 e. The van der Waals surface area contributed by atoms with Gasteiger partial charge in [0.1, 0.15) is 37.6 Å². The van der Waals surface area contributed by atoms with E-state index in [-0.39, 0.29) is 67.6 Å². The molecule has 0 radical (unpaired) electrons. The maximum Gasteiger partial charge on any atom is 0.508 e. The lowest BCUT2D eigenvalue weighted by Gasteiger charge is -2.25. The van der Waals surface area contributed by atoms with Gasteiger partial charge in [0.25, 0.3) is 0 Å². The number of esters is 4. The first kappa shape index (κ1) is 54.2. The summed E-state index contributed by atoms with van der Waals surface area (Å²) in [7, 11) is 4.36. The van der Waals surface area contributed by atoms with Crippen LogP contribution in [0.2, 0.25) is 0 Å². The zero-order chi connectivity index (χ0) is 39.7. The molecule has 15 heteroatoms. The van der Waals surface area contributed by atoms with Crippen molar-refractivity contribution in [2.45, 2.75) is 141 Å². The topological polar surface area (TPSA) is 179 Å². The van der Waals surface area contributed by atoms with Crippen LogP contribution < -0.4 is 0 Å². The van der Waals surface area contributed by atoms with Gasteiger partial charge in [0.05, 0.1) is 27.1 Å². The van der Waals surface area contributed by atoms with Crippen molar-refractivity contribution in [3.8, 4) is 0 Å². The molecular formula is C36H69NO14. The molecule has 0 rings (SSSR count). The molecule has 0 saturated carbocycles. The van der Waals surface area contributed by atoms with E-state index in [9.17, 15) is 28.8 Å². The monoisotopic (exact) mass is 739 g/mol. The second kappa shape index (κ2) is 29.0. The Morgan fingerprint density at radius 3 is 1.08 bits per heavy atom. The first-order chi connectivity index (χ1) is 22.9. The normalized spacial score (nSPS) is 13.0. The molecular weight excluding hydrogens is 670 g/mol. The van der Waals surface area contributed by atoms with Gasteiger partial charge in [-0.25, -0.2) is 9.59 Å². The summed E-state index contributed by atoms with van der Waals surface area (Å²) in [6.07, 6.45) is -1.38. The van der Waals surface area contributed by atoms with Crippen molar-refractivity contribution < 1.29 is 66.7 Å². The molecule has 0 amide bonds. The highest BCUT2D eigenvalue weighted by Crippen LogP contribution is 2.20. The molecule has 0 saturated heterocycles. The second-order valence-corrected chi connectivity index (χ2v) is 14.1. The Labute approximate surface area is 306 Å². The number of hydrogen-bond acceptors (Lipinski definition) is 15. The standard InChI is InChI=1S/C16H31NO4.C11H20O5.C8H14O5.CH4/c1-8-14(18)20-12(2)10-17(7)11-13(3)21-15(19)9-16(4,5)6;1-8(7-15-10(13)14-5)16-9(12)6-11(2,3)4;1-4-7(9)13-6(2)5-12-8(10)11-3;/h12-13H,8-11H2,1-7H3;8H,6-7H2,1-5H3;6H,4-5H2,1-3H3;1H4. The van der Waals surface area contributed by atoms with Crippen molar-refractivity contribution in [1.82, 2.24) is 4.90 Å². The Hall–Kier alpha value is -3.62. The summed E-state index contributed by atoms with van der Waals surface area (Å²) in [5, 5.41) is 0. The fourth-order valence-electron chi connectivity index (χ4n) is 3.60. The zero-order valence-electron chi connectivity index (χ0n) is 33.1. The van der Waals surface area contributed by atoms with Gasteiger partial charge in [-0.15, -0.1) is 0 Å². The summed E-state index contributed by atoms with van der Waals surface area (Å²) in [6.45, 7) is 23.6. The van der Waals surface area contributed by atoms with E-state index in [0.717, 1.165) is 0 Å². The highest BCUT2D eigenvalue weighted by Gasteiger charge is 2.21. The molecule has 0 N–H and O–H groups in total. The number of carbonyl (C=O) groups excluding carboxylic acids is 6. The minimum Gasteiger partial charge on any atom is -0.461 e. The van der Waals surface area contributed by atoms with E-state index >= 15 is 0 Å². The Bertz CT molecular complexity index is 1000. The van der Waals surface area contributed by atoms with E-state index in [1.165, 1.54) is 14.2 Å². The number of carbonyl (C=O) groups is 6. The summed E-state index contributed by atoms with van der Waals surface area (Å²) in [6, 6.07) is 0. The van der Waals surface area contributed by atoms with Crippen LogP contribution in [0.15, 0.2) is 0 Å². The quantitative estimate of drug-likeness (QED) is 0.123. The van der Waals surface area contributed by atoms with Gasteiger partial charge in [0.15, 0.2) is 0 Å². The molecule has 0 aliphatic rings. The molecule has 0 bridgehead atoms. The molecule has 4 atom stereocenters. The SMILES string of the molecule is C.CCC(=O)OC(C)CN(C)CC(C)OC(=O)CC(C)(C)C.CCC(=O)OC(C)COC(=O)OC.COC(=O)OCC(C)OC(=O)CC(C)(C)C. The predicted molar refractivity (Wildman–Crippen MR) is 192 cm³/mol. The molecule has 51 heavy (non-hydrogen) atoms. The van der Waals surface area contributed by atoms with E-state index in [1.54, 1.807) is 27.7 Å². The van der Waals surface area contributed by atoms with E-state index in [2.05, 4.69) is 18.9 Å². The average molecular weight is 740 g/mol. The average Bonchev–Trinajstić information content (AvgIpc) is 2.96. The van der Waals surface area contributed by atoms with E-state index in [0.29, 0.717) is 38.8 Å². The lowest BCUT2D eigenvalue weighted by molar-refractivity contribution is -0.153. The van der Waals surface area contributed by atoms with Crippen LogP contribution in [0.5, 0.6) is 0 Å². The first-order valence-corrected chi connectivity index (χ1v) is 16.8. The van der Waals surface area contributed by atoms with E-state index in [1.807, 2.05) is 67.3 Å². The first-order valence-electron chi connectivity index (χ1n) is 16.8. The third kappa shape index (κ3) is 39.0. The van der Waals surface area contributed by atoms with Crippen LogP contribution in [0.25, 0.3) is 0 Å². The minimum absolute atomic E-state index is 0. The smallest absolute Gasteiger partial charge is 0.461 e.